The molecular formula is C25H34N4O5S. The molecule has 10 heteroatoms. The molecule has 1 unspecified atom stereocenters. The van der Waals surface area contributed by atoms with Crippen LogP contribution in [0.25, 0.3) is 10.4 Å². The number of β-amino-alcohol motifs (C(OH)–C–C–N with tert-alkyl or cyclic N) is 1. The lowest BCUT2D eigenvalue weighted by Gasteiger charge is -2.46. The number of benzene rings is 1. The monoisotopic (exact) mass is 502 g/mol. The molecule has 190 valence electrons. The minimum atomic E-state index is -0.855. The predicted molar refractivity (Wildman–Crippen MR) is 132 cm³/mol. The second kappa shape index (κ2) is 10.3. The maximum atomic E-state index is 13.3. The molecule has 1 aromatic carbocycles. The molecule has 1 aromatic heterocycles. The van der Waals surface area contributed by atoms with Gasteiger partial charge in [0, 0.05) is 19.5 Å². The van der Waals surface area contributed by atoms with Gasteiger partial charge in [0.2, 0.25) is 11.8 Å². The first-order valence-corrected chi connectivity index (χ1v) is 12.7. The summed E-state index contributed by atoms with van der Waals surface area (Å²) in [5.41, 5.74) is 4.40. The number of aryl methyl sites for hydroxylation is 1. The Kier molecular flexibility index (Phi) is 7.58. The maximum absolute atomic E-state index is 13.3. The number of aliphatic hydroxyl groups excluding tert-OH is 2. The SMILES string of the molecule is Cc1ncsc1-c1ccc(CNC(=O)[C@@H]2C[C@@H](O)CN2C(=O)[C@H](C)N(C)C(O)C2(C)COC2)cc1. The van der Waals surface area contributed by atoms with E-state index >= 15 is 0 Å². The summed E-state index contributed by atoms with van der Waals surface area (Å²) in [6.07, 6.45) is -1.44. The second-order valence-electron chi connectivity index (χ2n) is 9.94. The lowest BCUT2D eigenvalue weighted by molar-refractivity contribution is -0.208. The van der Waals surface area contributed by atoms with Crippen LogP contribution >= 0.6 is 11.3 Å². The summed E-state index contributed by atoms with van der Waals surface area (Å²) in [6.45, 7) is 6.87. The Bertz CT molecular complexity index is 1050. The first kappa shape index (κ1) is 25.7. The van der Waals surface area contributed by atoms with Gasteiger partial charge in [-0.25, -0.2) is 4.98 Å². The molecule has 2 aromatic rings. The highest BCUT2D eigenvalue weighted by Crippen LogP contribution is 2.33. The Labute approximate surface area is 209 Å². The van der Waals surface area contributed by atoms with Crippen molar-refractivity contribution in [3.63, 3.8) is 0 Å². The number of hydrogen-bond donors (Lipinski definition) is 3. The highest BCUT2D eigenvalue weighted by Gasteiger charge is 2.46. The summed E-state index contributed by atoms with van der Waals surface area (Å²) < 4.78 is 5.24. The Morgan fingerprint density at radius 2 is 2.03 bits per heavy atom. The van der Waals surface area contributed by atoms with E-state index in [9.17, 15) is 19.8 Å². The molecule has 2 aliphatic heterocycles. The van der Waals surface area contributed by atoms with Gasteiger partial charge >= 0.3 is 0 Å². The Morgan fingerprint density at radius 1 is 1.34 bits per heavy atom. The molecule has 0 aliphatic carbocycles. The van der Waals surface area contributed by atoms with Gasteiger partial charge in [0.15, 0.2) is 0 Å². The van der Waals surface area contributed by atoms with Gasteiger partial charge in [-0.15, -0.1) is 11.3 Å². The van der Waals surface area contributed by atoms with E-state index in [4.69, 9.17) is 4.74 Å². The molecule has 2 fully saturated rings. The third-order valence-corrected chi connectivity index (χ3v) is 8.11. The van der Waals surface area contributed by atoms with Gasteiger partial charge in [-0.3, -0.25) is 14.5 Å². The molecule has 35 heavy (non-hydrogen) atoms. The fourth-order valence-electron chi connectivity index (χ4n) is 4.66. The number of likely N-dealkylation sites (tertiary alicyclic amines) is 1. The highest BCUT2D eigenvalue weighted by molar-refractivity contribution is 7.13. The topological polar surface area (TPSA) is 115 Å². The number of rotatable bonds is 8. The van der Waals surface area contributed by atoms with Crippen LogP contribution in [0.4, 0.5) is 0 Å². The van der Waals surface area contributed by atoms with Crippen LogP contribution in [0.5, 0.6) is 0 Å². The lowest BCUT2D eigenvalue weighted by Crippen LogP contribution is -2.60. The number of likely N-dealkylation sites (N-methyl/N-ethyl adjacent to an activating group) is 1. The van der Waals surface area contributed by atoms with Crippen LogP contribution < -0.4 is 5.32 Å². The van der Waals surface area contributed by atoms with E-state index in [1.165, 1.54) is 4.90 Å². The van der Waals surface area contributed by atoms with Crippen LogP contribution in [0.15, 0.2) is 29.8 Å². The number of nitrogens with zero attached hydrogens (tertiary/aromatic N) is 3. The van der Waals surface area contributed by atoms with Crippen molar-refractivity contribution in [2.75, 3.05) is 26.8 Å². The standard InChI is InChI=1S/C25H34N4O5S/c1-15-21(35-14-27-15)18-7-5-17(6-8-18)10-26-22(31)20-9-19(30)11-29(20)23(32)16(2)28(4)24(33)25(3)12-34-13-25/h5-8,14,16,19-20,24,30,33H,9-13H2,1-4H3,(H,26,31)/t16-,19+,20-,24?/m0/s1. The predicted octanol–water partition coefficient (Wildman–Crippen LogP) is 1.37. The molecule has 4 rings (SSSR count). The number of ether oxygens (including phenoxy) is 1. The number of aromatic nitrogens is 1. The zero-order chi connectivity index (χ0) is 25.3. The van der Waals surface area contributed by atoms with E-state index < -0.39 is 29.8 Å². The van der Waals surface area contributed by atoms with Crippen LogP contribution in [0.1, 0.15) is 31.5 Å². The summed E-state index contributed by atoms with van der Waals surface area (Å²) in [6, 6.07) is 6.52. The van der Waals surface area contributed by atoms with Crippen molar-refractivity contribution < 1.29 is 24.5 Å². The molecule has 3 N–H and O–H groups in total. The number of amides is 2. The Hall–Kier alpha value is -2.37. The van der Waals surface area contributed by atoms with Gasteiger partial charge in [0.1, 0.15) is 12.3 Å². The van der Waals surface area contributed by atoms with E-state index in [1.54, 1.807) is 30.2 Å². The fourth-order valence-corrected chi connectivity index (χ4v) is 5.47. The fraction of sp³-hybridized carbons (Fsp3) is 0.560. The third-order valence-electron chi connectivity index (χ3n) is 7.13. The molecule has 4 atom stereocenters. The van der Waals surface area contributed by atoms with Crippen molar-refractivity contribution in [1.82, 2.24) is 20.1 Å². The van der Waals surface area contributed by atoms with Gasteiger partial charge in [0.25, 0.3) is 0 Å². The van der Waals surface area contributed by atoms with E-state index in [-0.39, 0.29) is 24.8 Å². The van der Waals surface area contributed by atoms with Gasteiger partial charge in [0.05, 0.1) is 46.9 Å². The van der Waals surface area contributed by atoms with Crippen molar-refractivity contribution in [2.24, 2.45) is 5.41 Å². The molecule has 0 saturated carbocycles. The van der Waals surface area contributed by atoms with E-state index in [2.05, 4.69) is 10.3 Å². The number of nitrogens with one attached hydrogen (secondary N) is 1. The van der Waals surface area contributed by atoms with Crippen LogP contribution in [-0.4, -0.2) is 88.0 Å². The van der Waals surface area contributed by atoms with Crippen LogP contribution in [-0.2, 0) is 20.9 Å². The Morgan fingerprint density at radius 3 is 2.60 bits per heavy atom. The molecule has 0 radical (unpaired) electrons. The minimum absolute atomic E-state index is 0.0917. The summed E-state index contributed by atoms with van der Waals surface area (Å²) in [4.78, 5) is 34.7. The number of aliphatic hydroxyl groups is 2. The van der Waals surface area contributed by atoms with Crippen molar-refractivity contribution in [3.8, 4) is 10.4 Å². The van der Waals surface area contributed by atoms with Crippen molar-refractivity contribution in [3.05, 3.63) is 41.0 Å². The van der Waals surface area contributed by atoms with Crippen molar-refractivity contribution in [2.45, 2.75) is 58.2 Å². The number of hydrogen-bond acceptors (Lipinski definition) is 8. The molecule has 3 heterocycles. The zero-order valence-corrected chi connectivity index (χ0v) is 21.4. The zero-order valence-electron chi connectivity index (χ0n) is 20.6. The molecular weight excluding hydrogens is 468 g/mol. The van der Waals surface area contributed by atoms with E-state index in [0.717, 1.165) is 21.7 Å². The largest absolute Gasteiger partial charge is 0.391 e. The van der Waals surface area contributed by atoms with E-state index in [0.29, 0.717) is 19.8 Å². The first-order valence-electron chi connectivity index (χ1n) is 11.8. The molecule has 2 aliphatic rings. The molecule has 2 saturated heterocycles. The summed E-state index contributed by atoms with van der Waals surface area (Å²) in [5.74, 6) is -0.594. The molecule has 0 spiro atoms. The maximum Gasteiger partial charge on any atom is 0.243 e. The minimum Gasteiger partial charge on any atom is -0.391 e. The van der Waals surface area contributed by atoms with E-state index in [1.807, 2.05) is 43.6 Å². The second-order valence-corrected chi connectivity index (χ2v) is 10.8. The van der Waals surface area contributed by atoms with Crippen LogP contribution in [0.3, 0.4) is 0 Å². The number of thiazole rings is 1. The van der Waals surface area contributed by atoms with Gasteiger partial charge in [-0.1, -0.05) is 31.2 Å². The summed E-state index contributed by atoms with van der Waals surface area (Å²) in [7, 11) is 1.69. The molecule has 9 nitrogen and oxygen atoms in total. The van der Waals surface area contributed by atoms with Crippen LogP contribution in [0, 0.1) is 12.3 Å². The van der Waals surface area contributed by atoms with Gasteiger partial charge in [-0.05, 0) is 32.0 Å². The lowest BCUT2D eigenvalue weighted by atomic mass is 9.85. The highest BCUT2D eigenvalue weighted by atomic mass is 32.1. The van der Waals surface area contributed by atoms with Crippen molar-refractivity contribution in [1.29, 1.82) is 0 Å². The average Bonchev–Trinajstić information content (AvgIpc) is 3.44. The van der Waals surface area contributed by atoms with Gasteiger partial charge < -0.3 is 25.2 Å². The normalized spacial score (nSPS) is 23.1. The quantitative estimate of drug-likeness (QED) is 0.467. The molecule has 0 bridgehead atoms. The van der Waals surface area contributed by atoms with Crippen molar-refractivity contribution >= 4 is 23.2 Å². The number of carbonyl (C=O) groups is 2. The smallest absolute Gasteiger partial charge is 0.243 e. The molecule has 2 amide bonds. The number of carbonyl (C=O) groups excluding carboxylic acids is 2. The third kappa shape index (κ3) is 5.26. The van der Waals surface area contributed by atoms with Gasteiger partial charge in [-0.2, -0.15) is 0 Å². The van der Waals surface area contributed by atoms with Crippen LogP contribution in [0.2, 0.25) is 0 Å². The Balaban J connectivity index is 1.37. The summed E-state index contributed by atoms with van der Waals surface area (Å²) >= 11 is 1.59. The summed E-state index contributed by atoms with van der Waals surface area (Å²) in [5, 5.41) is 23.9. The average molecular weight is 503 g/mol. The first-order chi connectivity index (χ1) is 16.6.